The van der Waals surface area contributed by atoms with Gasteiger partial charge in [0.25, 0.3) is 11.8 Å². The minimum atomic E-state index is -0.569. The van der Waals surface area contributed by atoms with E-state index in [-0.39, 0.29) is 23.6 Å². The molecule has 0 aliphatic rings. The zero-order valence-electron chi connectivity index (χ0n) is 20.0. The number of hydrogen-bond acceptors (Lipinski definition) is 4. The number of nitrogens with zero attached hydrogens (tertiary/aromatic N) is 3. The molecule has 8 nitrogen and oxygen atoms in total. The summed E-state index contributed by atoms with van der Waals surface area (Å²) < 4.78 is 3.69. The number of imidazole rings is 1. The van der Waals surface area contributed by atoms with E-state index in [2.05, 4.69) is 29.5 Å². The van der Waals surface area contributed by atoms with E-state index in [1.54, 1.807) is 4.57 Å². The van der Waals surface area contributed by atoms with Gasteiger partial charge < -0.3 is 19.6 Å². The summed E-state index contributed by atoms with van der Waals surface area (Å²) in [5, 5.41) is 5.58. The monoisotopic (exact) mass is 451 g/mol. The van der Waals surface area contributed by atoms with Crippen LogP contribution in [-0.4, -0.2) is 32.3 Å². The van der Waals surface area contributed by atoms with Crippen molar-refractivity contribution in [3.8, 4) is 0 Å². The van der Waals surface area contributed by atoms with Gasteiger partial charge in [-0.15, -0.1) is 0 Å². The molecule has 0 fully saturated rings. The Kier molecular flexibility index (Phi) is 7.68. The lowest BCUT2D eigenvalue weighted by Crippen LogP contribution is -2.36. The highest BCUT2D eigenvalue weighted by molar-refractivity contribution is 5.99. The normalized spacial score (nSPS) is 11.4. The van der Waals surface area contributed by atoms with Gasteiger partial charge in [-0.05, 0) is 37.3 Å². The van der Waals surface area contributed by atoms with Crippen molar-refractivity contribution >= 4 is 17.5 Å². The lowest BCUT2D eigenvalue weighted by molar-refractivity contribution is 0.0947. The summed E-state index contributed by atoms with van der Waals surface area (Å²) in [7, 11) is 0. The maximum absolute atomic E-state index is 13.0. The molecule has 2 amide bonds. The second kappa shape index (κ2) is 10.5. The molecular formula is C25H33N5O3. The van der Waals surface area contributed by atoms with Crippen LogP contribution in [0.15, 0.2) is 41.6 Å². The van der Waals surface area contributed by atoms with Gasteiger partial charge in [0.05, 0.1) is 12.2 Å². The number of aryl methyl sites for hydroxylation is 1. The van der Waals surface area contributed by atoms with Crippen LogP contribution >= 0.6 is 0 Å². The third kappa shape index (κ3) is 6.09. The maximum atomic E-state index is 13.0. The number of fused-ring (bicyclic) bond motifs is 1. The van der Waals surface area contributed by atoms with Gasteiger partial charge in [0.1, 0.15) is 16.8 Å². The minimum Gasteiger partial charge on any atom is -0.352 e. The molecule has 176 valence electrons. The Bertz CT molecular complexity index is 1210. The van der Waals surface area contributed by atoms with Crippen LogP contribution in [0.2, 0.25) is 0 Å². The van der Waals surface area contributed by atoms with Crippen molar-refractivity contribution in [2.75, 3.05) is 6.54 Å². The van der Waals surface area contributed by atoms with Crippen molar-refractivity contribution in [3.63, 3.8) is 0 Å². The van der Waals surface area contributed by atoms with E-state index >= 15 is 0 Å². The Morgan fingerprint density at radius 3 is 2.24 bits per heavy atom. The topological polar surface area (TPSA) is 97.5 Å². The molecule has 8 heteroatoms. The van der Waals surface area contributed by atoms with Crippen LogP contribution in [-0.2, 0) is 13.1 Å². The van der Waals surface area contributed by atoms with Crippen LogP contribution in [0.5, 0.6) is 0 Å². The predicted molar refractivity (Wildman–Crippen MR) is 128 cm³/mol. The number of pyridine rings is 2. The summed E-state index contributed by atoms with van der Waals surface area (Å²) in [6.45, 7) is 11.4. The van der Waals surface area contributed by atoms with E-state index in [0.717, 1.165) is 17.8 Å². The zero-order chi connectivity index (χ0) is 24.1. The van der Waals surface area contributed by atoms with Gasteiger partial charge in [-0.1, -0.05) is 33.8 Å². The van der Waals surface area contributed by atoms with Crippen molar-refractivity contribution in [2.24, 2.45) is 11.8 Å². The lowest BCUT2D eigenvalue weighted by atomic mass is 10.1. The minimum absolute atomic E-state index is 0.0181. The van der Waals surface area contributed by atoms with Crippen molar-refractivity contribution in [1.29, 1.82) is 0 Å². The van der Waals surface area contributed by atoms with Gasteiger partial charge in [0, 0.05) is 37.4 Å². The highest BCUT2D eigenvalue weighted by Crippen LogP contribution is 2.09. The van der Waals surface area contributed by atoms with E-state index < -0.39 is 17.2 Å². The molecule has 0 radical (unpaired) electrons. The van der Waals surface area contributed by atoms with Crippen molar-refractivity contribution in [1.82, 2.24) is 24.6 Å². The average Bonchev–Trinajstić information content (AvgIpc) is 3.17. The average molecular weight is 452 g/mol. The molecule has 0 saturated carbocycles. The fraction of sp³-hybridized carbons (Fsp3) is 0.440. The van der Waals surface area contributed by atoms with Gasteiger partial charge in [0.2, 0.25) is 5.43 Å². The molecule has 2 N–H and O–H groups in total. The van der Waals surface area contributed by atoms with Gasteiger partial charge in [0.15, 0.2) is 0 Å². The van der Waals surface area contributed by atoms with E-state index in [9.17, 15) is 14.4 Å². The number of rotatable bonds is 9. The van der Waals surface area contributed by atoms with Crippen LogP contribution in [0.3, 0.4) is 0 Å². The van der Waals surface area contributed by atoms with Crippen LogP contribution in [0, 0.1) is 18.8 Å². The quantitative estimate of drug-likeness (QED) is 0.522. The highest BCUT2D eigenvalue weighted by atomic mass is 16.2. The van der Waals surface area contributed by atoms with Gasteiger partial charge in [-0.25, -0.2) is 4.98 Å². The smallest absolute Gasteiger partial charge is 0.257 e. The highest BCUT2D eigenvalue weighted by Gasteiger charge is 2.20. The Morgan fingerprint density at radius 1 is 0.970 bits per heavy atom. The molecule has 33 heavy (non-hydrogen) atoms. The summed E-state index contributed by atoms with van der Waals surface area (Å²) in [4.78, 5) is 43.2. The van der Waals surface area contributed by atoms with Crippen LogP contribution in [0.25, 0.3) is 5.65 Å². The van der Waals surface area contributed by atoms with Crippen molar-refractivity contribution < 1.29 is 9.59 Å². The second-order valence-electron chi connectivity index (χ2n) is 9.25. The lowest BCUT2D eigenvalue weighted by Gasteiger charge is -2.14. The van der Waals surface area contributed by atoms with E-state index in [1.165, 1.54) is 12.4 Å². The SMILES string of the molecule is Cc1cccc2nc(CNC(=O)c3cn(CC(C)C)cc(C(=O)NCCC(C)C)c3=O)cn12. The Labute approximate surface area is 194 Å². The van der Waals surface area contributed by atoms with Gasteiger partial charge in [-0.2, -0.15) is 0 Å². The van der Waals surface area contributed by atoms with Crippen molar-refractivity contribution in [2.45, 2.75) is 54.1 Å². The molecule has 0 unspecified atom stereocenters. The molecule has 3 heterocycles. The Morgan fingerprint density at radius 2 is 1.64 bits per heavy atom. The Balaban J connectivity index is 1.83. The number of hydrogen-bond donors (Lipinski definition) is 2. The van der Waals surface area contributed by atoms with Crippen LogP contribution in [0.1, 0.15) is 66.2 Å². The third-order valence-electron chi connectivity index (χ3n) is 5.33. The molecule has 0 bridgehead atoms. The molecule has 0 aliphatic carbocycles. The molecule has 0 aromatic carbocycles. The first-order chi connectivity index (χ1) is 15.7. The van der Waals surface area contributed by atoms with Crippen LogP contribution < -0.4 is 16.1 Å². The number of amides is 2. The fourth-order valence-electron chi connectivity index (χ4n) is 3.60. The Hall–Kier alpha value is -3.42. The largest absolute Gasteiger partial charge is 0.352 e. The summed E-state index contributed by atoms with van der Waals surface area (Å²) in [6, 6.07) is 5.80. The van der Waals surface area contributed by atoms with Crippen molar-refractivity contribution in [3.05, 3.63) is 69.5 Å². The number of aromatic nitrogens is 3. The fourth-order valence-corrected chi connectivity index (χ4v) is 3.60. The van der Waals surface area contributed by atoms with Crippen LogP contribution in [0.4, 0.5) is 0 Å². The second-order valence-corrected chi connectivity index (χ2v) is 9.25. The van der Waals surface area contributed by atoms with Gasteiger partial charge >= 0.3 is 0 Å². The van der Waals surface area contributed by atoms with Gasteiger partial charge in [-0.3, -0.25) is 14.4 Å². The zero-order valence-corrected chi connectivity index (χ0v) is 20.0. The molecule has 3 aromatic heterocycles. The molecule has 0 saturated heterocycles. The predicted octanol–water partition coefficient (Wildman–Crippen LogP) is 3.17. The number of carbonyl (C=O) groups is 2. The first-order valence-electron chi connectivity index (χ1n) is 11.4. The number of nitrogens with one attached hydrogen (secondary N) is 2. The first kappa shape index (κ1) is 24.2. The third-order valence-corrected chi connectivity index (χ3v) is 5.33. The number of carbonyl (C=O) groups excluding carboxylic acids is 2. The molecule has 0 spiro atoms. The molecule has 0 atom stereocenters. The first-order valence-corrected chi connectivity index (χ1v) is 11.4. The summed E-state index contributed by atoms with van der Waals surface area (Å²) in [6.07, 6.45) is 5.73. The summed E-state index contributed by atoms with van der Waals surface area (Å²) in [5.41, 5.74) is 1.87. The van der Waals surface area contributed by atoms with E-state index in [4.69, 9.17) is 0 Å². The van der Waals surface area contributed by atoms with E-state index in [1.807, 2.05) is 49.6 Å². The summed E-state index contributed by atoms with van der Waals surface area (Å²) in [5.74, 6) is -0.267. The standard InChI is InChI=1S/C25H33N5O3/c1-16(2)9-10-26-24(32)20-14-29(12-17(3)4)15-21(23(20)31)25(33)27-11-19-13-30-18(5)7-6-8-22(30)28-19/h6-8,13-17H,9-12H2,1-5H3,(H,26,32)(H,27,33). The molecule has 3 aromatic rings. The van der Waals surface area contributed by atoms with E-state index in [0.29, 0.717) is 24.7 Å². The maximum Gasteiger partial charge on any atom is 0.257 e. The molecule has 0 aliphatic heterocycles. The molecule has 3 rings (SSSR count). The molecular weight excluding hydrogens is 418 g/mol. The summed E-state index contributed by atoms with van der Waals surface area (Å²) >= 11 is 0.